The van der Waals surface area contributed by atoms with E-state index in [-0.39, 0.29) is 31.5 Å². The fourth-order valence-electron chi connectivity index (χ4n) is 7.01. The van der Waals surface area contributed by atoms with E-state index in [9.17, 15) is 19.1 Å². The number of halogens is 1. The highest BCUT2D eigenvalue weighted by molar-refractivity contribution is 7.47. The standard InChI is InChI=1S/C40H61FN5O6P/c1-3-4-5-6-7-8-9-10-11-12-13-14-15-16-17-18-19-35(49-28-33-24-32(27-42)25-34(41)26-33)29-50-53(47,48)51-30-40(2)23-22-38(52-40)36-20-21-37-39(43)44-31-45-46(36)37/h20-21,24-26,31,35,38H,3-19,22-23,28-30H2,1-2H3,(H,47,48)(H2,43,44,45)/t35-,38+,40-/m0/s1. The minimum atomic E-state index is -4.46. The van der Waals surface area contributed by atoms with Gasteiger partial charge in [0.25, 0.3) is 0 Å². The van der Waals surface area contributed by atoms with Gasteiger partial charge in [-0.1, -0.05) is 110 Å². The van der Waals surface area contributed by atoms with Gasteiger partial charge in [0.1, 0.15) is 23.8 Å². The lowest BCUT2D eigenvalue weighted by atomic mass is 10.0. The fraction of sp³-hybridized carbons (Fsp3) is 0.675. The van der Waals surface area contributed by atoms with E-state index < -0.39 is 25.3 Å². The molecule has 0 bridgehead atoms. The highest BCUT2D eigenvalue weighted by Crippen LogP contribution is 2.47. The topological polar surface area (TPSA) is 154 Å². The molecule has 3 heterocycles. The molecule has 13 heteroatoms. The third kappa shape index (κ3) is 15.0. The van der Waals surface area contributed by atoms with Crippen molar-refractivity contribution in [1.82, 2.24) is 14.6 Å². The molecule has 4 atom stereocenters. The molecule has 2 aromatic heterocycles. The molecule has 1 aliphatic heterocycles. The van der Waals surface area contributed by atoms with Crippen LogP contribution in [-0.4, -0.2) is 44.4 Å². The van der Waals surface area contributed by atoms with Crippen molar-refractivity contribution in [1.29, 1.82) is 5.26 Å². The first-order chi connectivity index (χ1) is 25.6. The van der Waals surface area contributed by atoms with E-state index in [1.165, 1.54) is 102 Å². The van der Waals surface area contributed by atoms with Crippen molar-refractivity contribution in [3.63, 3.8) is 0 Å². The predicted molar refractivity (Wildman–Crippen MR) is 204 cm³/mol. The van der Waals surface area contributed by atoms with E-state index in [4.69, 9.17) is 24.3 Å². The van der Waals surface area contributed by atoms with Gasteiger partial charge in [-0.05, 0) is 62.1 Å². The number of hydrogen-bond donors (Lipinski definition) is 2. The van der Waals surface area contributed by atoms with Crippen LogP contribution in [0.1, 0.15) is 159 Å². The molecule has 0 saturated carbocycles. The Bertz CT molecular complexity index is 1620. The summed E-state index contributed by atoms with van der Waals surface area (Å²) in [5, 5.41) is 13.5. The zero-order valence-corrected chi connectivity index (χ0v) is 32.7. The van der Waals surface area contributed by atoms with Crippen molar-refractivity contribution in [2.75, 3.05) is 18.9 Å². The van der Waals surface area contributed by atoms with Crippen molar-refractivity contribution in [2.24, 2.45) is 0 Å². The Hall–Kier alpha value is -2.91. The molecule has 1 aromatic carbocycles. The molecular formula is C40H61FN5O6P. The number of nitrogens with zero attached hydrogens (tertiary/aromatic N) is 4. The molecule has 4 rings (SSSR count). The van der Waals surface area contributed by atoms with E-state index in [1.54, 1.807) is 10.6 Å². The van der Waals surface area contributed by atoms with Crippen LogP contribution in [0, 0.1) is 17.1 Å². The normalized spacial score (nSPS) is 19.0. The van der Waals surface area contributed by atoms with Crippen LogP contribution in [0.2, 0.25) is 0 Å². The van der Waals surface area contributed by atoms with E-state index in [0.717, 1.165) is 25.0 Å². The van der Waals surface area contributed by atoms with E-state index in [2.05, 4.69) is 17.0 Å². The third-order valence-corrected chi connectivity index (χ3v) is 11.0. The van der Waals surface area contributed by atoms with Crippen LogP contribution < -0.4 is 5.73 Å². The van der Waals surface area contributed by atoms with Gasteiger partial charge in [-0.2, -0.15) is 10.4 Å². The number of unbranched alkanes of at least 4 members (excludes halogenated alkanes) is 15. The second-order valence-corrected chi connectivity index (χ2v) is 16.3. The van der Waals surface area contributed by atoms with Crippen molar-refractivity contribution in [2.45, 2.75) is 160 Å². The molecule has 53 heavy (non-hydrogen) atoms. The van der Waals surface area contributed by atoms with Gasteiger partial charge in [-0.3, -0.25) is 9.05 Å². The number of nitrogens with two attached hydrogens (primary N) is 1. The number of nitriles is 1. The lowest BCUT2D eigenvalue weighted by molar-refractivity contribution is -0.0663. The number of phosphoric acid groups is 1. The smallest absolute Gasteiger partial charge is 0.382 e. The summed E-state index contributed by atoms with van der Waals surface area (Å²) in [5.74, 6) is -0.150. The Kier molecular flexibility index (Phi) is 18.2. The third-order valence-electron chi connectivity index (χ3n) is 10.1. The molecule has 294 valence electrons. The molecule has 1 fully saturated rings. The molecule has 1 aliphatic rings. The molecule has 0 spiro atoms. The Balaban J connectivity index is 1.17. The number of ether oxygens (including phenoxy) is 2. The number of rotatable bonds is 27. The SMILES string of the molecule is CCCCCCCCCCCCCCCCCC[C@@H](COP(=O)(O)OC[C@]1(C)CC[C@H](c2ccc3c(N)ncnn23)O1)OCc1cc(F)cc(C#N)c1. The summed E-state index contributed by atoms with van der Waals surface area (Å²) in [6.07, 6.45) is 22.6. The Morgan fingerprint density at radius 3 is 2.30 bits per heavy atom. The number of anilines is 1. The van der Waals surface area contributed by atoms with Crippen LogP contribution in [0.25, 0.3) is 5.52 Å². The van der Waals surface area contributed by atoms with Gasteiger partial charge in [0.2, 0.25) is 0 Å². The van der Waals surface area contributed by atoms with Crippen molar-refractivity contribution < 1.29 is 32.4 Å². The Labute approximate surface area is 315 Å². The summed E-state index contributed by atoms with van der Waals surface area (Å²) in [6.45, 7) is 3.81. The number of hydrogen-bond acceptors (Lipinski definition) is 9. The number of phosphoric ester groups is 1. The average molecular weight is 758 g/mol. The van der Waals surface area contributed by atoms with Crippen LogP contribution in [0.5, 0.6) is 0 Å². The Morgan fingerprint density at radius 1 is 1.02 bits per heavy atom. The second-order valence-electron chi connectivity index (χ2n) is 14.8. The van der Waals surface area contributed by atoms with Gasteiger partial charge in [0.15, 0.2) is 5.82 Å². The highest BCUT2D eigenvalue weighted by atomic mass is 31.2. The van der Waals surface area contributed by atoms with Gasteiger partial charge < -0.3 is 20.1 Å². The number of fused-ring (bicyclic) bond motifs is 1. The molecule has 0 radical (unpaired) electrons. The van der Waals surface area contributed by atoms with Crippen molar-refractivity contribution >= 4 is 19.2 Å². The minimum Gasteiger partial charge on any atom is -0.382 e. The van der Waals surface area contributed by atoms with E-state index in [0.29, 0.717) is 36.2 Å². The molecule has 3 N–H and O–H groups in total. The molecule has 0 aliphatic carbocycles. The first-order valence-electron chi connectivity index (χ1n) is 19.8. The van der Waals surface area contributed by atoms with Crippen LogP contribution in [0.3, 0.4) is 0 Å². The predicted octanol–water partition coefficient (Wildman–Crippen LogP) is 10.3. The summed E-state index contributed by atoms with van der Waals surface area (Å²) >= 11 is 0. The number of aromatic nitrogens is 3. The summed E-state index contributed by atoms with van der Waals surface area (Å²) in [5.41, 5.74) is 7.36. The number of nitrogen functional groups attached to an aromatic ring is 1. The average Bonchev–Trinajstić information content (AvgIpc) is 3.76. The largest absolute Gasteiger partial charge is 0.472 e. The lowest BCUT2D eigenvalue weighted by Gasteiger charge is -2.26. The summed E-state index contributed by atoms with van der Waals surface area (Å²) < 4.78 is 52.1. The first kappa shape index (κ1) is 42.8. The summed E-state index contributed by atoms with van der Waals surface area (Å²) in [6, 6.07) is 9.75. The first-order valence-corrected chi connectivity index (χ1v) is 21.3. The fourth-order valence-corrected chi connectivity index (χ4v) is 7.87. The lowest BCUT2D eigenvalue weighted by Crippen LogP contribution is -2.30. The van der Waals surface area contributed by atoms with Crippen LogP contribution in [0.15, 0.2) is 36.7 Å². The van der Waals surface area contributed by atoms with Gasteiger partial charge in [0, 0.05) is 0 Å². The maximum atomic E-state index is 14.1. The zero-order chi connectivity index (χ0) is 37.9. The van der Waals surface area contributed by atoms with Gasteiger partial charge in [-0.25, -0.2) is 18.5 Å². The summed E-state index contributed by atoms with van der Waals surface area (Å²) in [7, 11) is -4.46. The quantitative estimate of drug-likeness (QED) is 0.0567. The molecule has 3 aromatic rings. The van der Waals surface area contributed by atoms with Crippen LogP contribution in [0.4, 0.5) is 10.2 Å². The van der Waals surface area contributed by atoms with Crippen molar-refractivity contribution in [3.8, 4) is 6.07 Å². The molecule has 11 nitrogen and oxygen atoms in total. The molecular weight excluding hydrogens is 696 g/mol. The summed E-state index contributed by atoms with van der Waals surface area (Å²) in [4.78, 5) is 14.7. The monoisotopic (exact) mass is 757 g/mol. The maximum absolute atomic E-state index is 14.1. The molecule has 0 amide bonds. The molecule has 1 saturated heterocycles. The maximum Gasteiger partial charge on any atom is 0.472 e. The Morgan fingerprint density at radius 2 is 1.66 bits per heavy atom. The van der Waals surface area contributed by atoms with Gasteiger partial charge in [-0.15, -0.1) is 0 Å². The minimum absolute atomic E-state index is 0.0359. The van der Waals surface area contributed by atoms with Crippen LogP contribution >= 0.6 is 7.82 Å². The van der Waals surface area contributed by atoms with E-state index >= 15 is 0 Å². The number of benzene rings is 1. The molecule has 1 unspecified atom stereocenters. The highest BCUT2D eigenvalue weighted by Gasteiger charge is 2.40. The van der Waals surface area contributed by atoms with Gasteiger partial charge >= 0.3 is 7.82 Å². The zero-order valence-electron chi connectivity index (χ0n) is 31.9. The van der Waals surface area contributed by atoms with E-state index in [1.807, 2.05) is 25.1 Å². The van der Waals surface area contributed by atoms with Crippen LogP contribution in [-0.2, 0) is 29.7 Å². The van der Waals surface area contributed by atoms with Crippen molar-refractivity contribution in [3.05, 3.63) is 59.3 Å². The van der Waals surface area contributed by atoms with Gasteiger partial charge in [0.05, 0.1) is 48.9 Å². The second kappa shape index (κ2) is 22.5.